The quantitative estimate of drug-likeness (QED) is 0.873. The van der Waals surface area contributed by atoms with E-state index in [2.05, 4.69) is 5.32 Å². The zero-order valence-electron chi connectivity index (χ0n) is 15.2. The van der Waals surface area contributed by atoms with Crippen LogP contribution in [0.1, 0.15) is 43.6 Å². The third-order valence-corrected chi connectivity index (χ3v) is 5.01. The Bertz CT molecular complexity index is 743. The van der Waals surface area contributed by atoms with Gasteiger partial charge >= 0.3 is 7.12 Å². The van der Waals surface area contributed by atoms with Crippen LogP contribution in [0.4, 0.5) is 0 Å². The van der Waals surface area contributed by atoms with Gasteiger partial charge in [0.05, 0.1) is 11.2 Å². The molecule has 0 aliphatic carbocycles. The highest BCUT2D eigenvalue weighted by Crippen LogP contribution is 2.36. The van der Waals surface area contributed by atoms with Crippen LogP contribution in [0, 0.1) is 0 Å². The second-order valence-corrected chi connectivity index (χ2v) is 7.34. The predicted octanol–water partition coefficient (Wildman–Crippen LogP) is 2.92. The van der Waals surface area contributed by atoms with E-state index in [0.29, 0.717) is 12.1 Å². The number of amides is 1. The van der Waals surface area contributed by atoms with E-state index in [4.69, 9.17) is 9.31 Å². The van der Waals surface area contributed by atoms with Gasteiger partial charge in [-0.3, -0.25) is 4.79 Å². The fraction of sp³-hybridized carbons (Fsp3) is 0.350. The van der Waals surface area contributed by atoms with Gasteiger partial charge in [-0.05, 0) is 44.8 Å². The number of nitrogens with one attached hydrogen (secondary N) is 1. The summed E-state index contributed by atoms with van der Waals surface area (Å²) in [6.07, 6.45) is 0. The van der Waals surface area contributed by atoms with E-state index in [-0.39, 0.29) is 5.91 Å². The lowest BCUT2D eigenvalue weighted by atomic mass is 9.75. The van der Waals surface area contributed by atoms with Crippen molar-refractivity contribution in [3.63, 3.8) is 0 Å². The Kier molecular flexibility index (Phi) is 4.72. The Morgan fingerprint density at radius 1 is 0.920 bits per heavy atom. The molecule has 0 spiro atoms. The second kappa shape index (κ2) is 6.66. The highest BCUT2D eigenvalue weighted by molar-refractivity contribution is 6.63. The summed E-state index contributed by atoms with van der Waals surface area (Å²) in [5, 5.41) is 2.97. The topological polar surface area (TPSA) is 47.6 Å². The molecule has 2 aromatic rings. The molecule has 1 amide bonds. The fourth-order valence-corrected chi connectivity index (χ4v) is 2.75. The van der Waals surface area contributed by atoms with Crippen LogP contribution < -0.4 is 10.8 Å². The molecule has 0 radical (unpaired) electrons. The van der Waals surface area contributed by atoms with Crippen molar-refractivity contribution >= 4 is 18.5 Å². The standard InChI is InChI=1S/C20H24BNO3/c1-19(2)20(3,4)25-21(24-19)17-13-9-8-12-16(17)18(23)22-14-15-10-6-5-7-11-15/h5-13H,14H2,1-4H3,(H,22,23). The van der Waals surface area contributed by atoms with Crippen molar-refractivity contribution in [1.82, 2.24) is 5.32 Å². The van der Waals surface area contributed by atoms with E-state index >= 15 is 0 Å². The SMILES string of the molecule is CC1(C)OB(c2ccccc2C(=O)NCc2ccccc2)OC1(C)C. The first-order chi connectivity index (χ1) is 11.8. The maximum absolute atomic E-state index is 12.7. The van der Waals surface area contributed by atoms with Gasteiger partial charge < -0.3 is 14.6 Å². The zero-order chi connectivity index (χ0) is 18.1. The Balaban J connectivity index is 1.78. The Hall–Kier alpha value is -2.11. The molecular formula is C20H24BNO3. The van der Waals surface area contributed by atoms with Gasteiger partial charge in [0.1, 0.15) is 0 Å². The summed E-state index contributed by atoms with van der Waals surface area (Å²) in [5.41, 5.74) is 1.52. The van der Waals surface area contributed by atoms with Gasteiger partial charge in [0.15, 0.2) is 0 Å². The lowest BCUT2D eigenvalue weighted by Gasteiger charge is -2.32. The number of rotatable bonds is 4. The normalized spacial score (nSPS) is 18.2. The molecule has 1 heterocycles. The molecular weight excluding hydrogens is 313 g/mol. The first-order valence-corrected chi connectivity index (χ1v) is 8.57. The van der Waals surface area contributed by atoms with Crippen molar-refractivity contribution < 1.29 is 14.1 Å². The predicted molar refractivity (Wildman–Crippen MR) is 99.8 cm³/mol. The minimum Gasteiger partial charge on any atom is -0.399 e. The third-order valence-electron chi connectivity index (χ3n) is 5.01. The largest absolute Gasteiger partial charge is 0.495 e. The number of benzene rings is 2. The monoisotopic (exact) mass is 337 g/mol. The van der Waals surface area contributed by atoms with Crippen LogP contribution in [0.3, 0.4) is 0 Å². The maximum Gasteiger partial charge on any atom is 0.495 e. The van der Waals surface area contributed by atoms with Crippen LogP contribution >= 0.6 is 0 Å². The first-order valence-electron chi connectivity index (χ1n) is 8.57. The van der Waals surface area contributed by atoms with Gasteiger partial charge in [0.2, 0.25) is 0 Å². The zero-order valence-corrected chi connectivity index (χ0v) is 15.2. The molecule has 0 bridgehead atoms. The fourth-order valence-electron chi connectivity index (χ4n) is 2.75. The summed E-state index contributed by atoms with van der Waals surface area (Å²) in [7, 11) is -0.552. The summed E-state index contributed by atoms with van der Waals surface area (Å²) in [6.45, 7) is 8.50. The smallest absolute Gasteiger partial charge is 0.399 e. The molecule has 1 fully saturated rings. The molecule has 0 atom stereocenters. The van der Waals surface area contributed by atoms with E-state index in [1.54, 1.807) is 6.07 Å². The number of hydrogen-bond donors (Lipinski definition) is 1. The second-order valence-electron chi connectivity index (χ2n) is 7.34. The summed E-state index contributed by atoms with van der Waals surface area (Å²) in [6, 6.07) is 17.3. The van der Waals surface area contributed by atoms with E-state index in [9.17, 15) is 4.79 Å². The van der Waals surface area contributed by atoms with Gasteiger partial charge in [0, 0.05) is 12.1 Å². The average Bonchev–Trinajstić information content (AvgIpc) is 2.81. The highest BCUT2D eigenvalue weighted by Gasteiger charge is 2.52. The van der Waals surface area contributed by atoms with Crippen LogP contribution in [-0.4, -0.2) is 24.2 Å². The first kappa shape index (κ1) is 17.7. The van der Waals surface area contributed by atoms with E-state index < -0.39 is 18.3 Å². The van der Waals surface area contributed by atoms with Crippen molar-refractivity contribution in [3.05, 3.63) is 65.7 Å². The van der Waals surface area contributed by atoms with E-state index in [1.807, 2.05) is 76.2 Å². The van der Waals surface area contributed by atoms with Crippen molar-refractivity contribution in [1.29, 1.82) is 0 Å². The maximum atomic E-state index is 12.7. The number of carbonyl (C=O) groups is 1. The van der Waals surface area contributed by atoms with Gasteiger partial charge in [-0.15, -0.1) is 0 Å². The van der Waals surface area contributed by atoms with Gasteiger partial charge in [-0.25, -0.2) is 0 Å². The van der Waals surface area contributed by atoms with Gasteiger partial charge in [-0.2, -0.15) is 0 Å². The van der Waals surface area contributed by atoms with E-state index in [0.717, 1.165) is 11.0 Å². The van der Waals surface area contributed by atoms with Crippen LogP contribution in [0.15, 0.2) is 54.6 Å². The van der Waals surface area contributed by atoms with Crippen molar-refractivity contribution in [3.8, 4) is 0 Å². The van der Waals surface area contributed by atoms with Gasteiger partial charge in [-0.1, -0.05) is 48.5 Å². The molecule has 1 aliphatic rings. The minimum atomic E-state index is -0.552. The molecule has 1 aliphatic heterocycles. The number of carbonyl (C=O) groups excluding carboxylic acids is 1. The molecule has 5 heteroatoms. The van der Waals surface area contributed by atoms with Crippen molar-refractivity contribution in [2.75, 3.05) is 0 Å². The minimum absolute atomic E-state index is 0.130. The molecule has 130 valence electrons. The molecule has 0 saturated carbocycles. The molecule has 0 unspecified atom stereocenters. The molecule has 25 heavy (non-hydrogen) atoms. The molecule has 2 aromatic carbocycles. The van der Waals surface area contributed by atoms with Crippen LogP contribution in [0.5, 0.6) is 0 Å². The third kappa shape index (κ3) is 3.62. The Labute approximate surface area is 149 Å². The molecule has 4 nitrogen and oxygen atoms in total. The Morgan fingerprint density at radius 3 is 2.12 bits per heavy atom. The molecule has 0 aromatic heterocycles. The number of hydrogen-bond acceptors (Lipinski definition) is 3. The van der Waals surface area contributed by atoms with Crippen LogP contribution in [0.2, 0.25) is 0 Å². The Morgan fingerprint density at radius 2 is 1.48 bits per heavy atom. The molecule has 1 saturated heterocycles. The van der Waals surface area contributed by atoms with Crippen LogP contribution in [0.25, 0.3) is 0 Å². The van der Waals surface area contributed by atoms with Crippen molar-refractivity contribution in [2.24, 2.45) is 0 Å². The summed E-state index contributed by atoms with van der Waals surface area (Å²) in [5.74, 6) is -0.130. The summed E-state index contributed by atoms with van der Waals surface area (Å²) >= 11 is 0. The lowest BCUT2D eigenvalue weighted by molar-refractivity contribution is 0.00578. The molecule has 3 rings (SSSR count). The summed E-state index contributed by atoms with van der Waals surface area (Å²) in [4.78, 5) is 12.7. The molecule has 1 N–H and O–H groups in total. The summed E-state index contributed by atoms with van der Waals surface area (Å²) < 4.78 is 12.2. The van der Waals surface area contributed by atoms with Crippen LogP contribution in [-0.2, 0) is 15.9 Å². The van der Waals surface area contributed by atoms with Crippen molar-refractivity contribution in [2.45, 2.75) is 45.4 Å². The lowest BCUT2D eigenvalue weighted by Crippen LogP contribution is -2.41. The van der Waals surface area contributed by atoms with Gasteiger partial charge in [0.25, 0.3) is 5.91 Å². The van der Waals surface area contributed by atoms with E-state index in [1.165, 1.54) is 0 Å². The average molecular weight is 337 g/mol. The highest BCUT2D eigenvalue weighted by atomic mass is 16.7.